The molecule has 1 N–H and O–H groups in total. The predicted molar refractivity (Wildman–Crippen MR) is 121 cm³/mol. The lowest BCUT2D eigenvalue weighted by Gasteiger charge is -2.71. The third kappa shape index (κ3) is 3.30. The highest BCUT2D eigenvalue weighted by molar-refractivity contribution is 6.30. The van der Waals surface area contributed by atoms with Crippen molar-refractivity contribution in [2.24, 2.45) is 5.41 Å². The molecule has 1 aromatic heterocycles. The number of hydrogen-bond donors (Lipinski definition) is 1. The van der Waals surface area contributed by atoms with Crippen LogP contribution in [0, 0.1) is 18.2 Å². The summed E-state index contributed by atoms with van der Waals surface area (Å²) in [6, 6.07) is 10.2. The van der Waals surface area contributed by atoms with Crippen molar-refractivity contribution in [2.75, 3.05) is 0 Å². The highest BCUT2D eigenvalue weighted by Gasteiger charge is 2.69. The number of rotatable bonds is 5. The molecule has 33 heavy (non-hydrogen) atoms. The van der Waals surface area contributed by atoms with Crippen LogP contribution in [0.1, 0.15) is 54.9 Å². The standard InChI is InChI=1S/C26H24ClFN2O3/c1-15-2-4-18(7-20(15)28)30-11-16(10-29-30)26-12-25(13-26,14-26)9-22(32)24-8-21(31)19-6-17(27)3-5-23(19)33-24/h2-7,10-11,21,24,31H,8-9,12-14H2,1H3/t21-,24-,25?,26?/m1/s1. The van der Waals surface area contributed by atoms with Crippen molar-refractivity contribution in [2.45, 2.75) is 56.7 Å². The van der Waals surface area contributed by atoms with Crippen molar-refractivity contribution in [3.63, 3.8) is 0 Å². The third-order valence-corrected chi connectivity index (χ3v) is 7.94. The molecule has 7 heteroatoms. The summed E-state index contributed by atoms with van der Waals surface area (Å²) in [5.41, 5.74) is 3.19. The Balaban J connectivity index is 1.11. The molecule has 0 radical (unpaired) electrons. The lowest BCUT2D eigenvalue weighted by atomic mass is 9.32. The first-order valence-corrected chi connectivity index (χ1v) is 11.6. The van der Waals surface area contributed by atoms with Crippen LogP contribution in [0.25, 0.3) is 5.69 Å². The summed E-state index contributed by atoms with van der Waals surface area (Å²) in [4.78, 5) is 13.0. The van der Waals surface area contributed by atoms with Gasteiger partial charge >= 0.3 is 0 Å². The van der Waals surface area contributed by atoms with Crippen molar-refractivity contribution in [3.8, 4) is 11.4 Å². The van der Waals surface area contributed by atoms with Crippen LogP contribution in [0.3, 0.4) is 0 Å². The molecule has 2 heterocycles. The number of aromatic nitrogens is 2. The molecular weight excluding hydrogens is 443 g/mol. The van der Waals surface area contributed by atoms with Crippen molar-refractivity contribution in [3.05, 3.63) is 76.3 Å². The van der Waals surface area contributed by atoms with E-state index in [9.17, 15) is 14.3 Å². The molecule has 0 unspecified atom stereocenters. The van der Waals surface area contributed by atoms with Gasteiger partial charge in [-0.05, 0) is 73.1 Å². The summed E-state index contributed by atoms with van der Waals surface area (Å²) < 4.78 is 21.6. The number of carbonyl (C=O) groups excluding carboxylic acids is 1. The maximum Gasteiger partial charge on any atom is 0.173 e. The van der Waals surface area contributed by atoms with Crippen molar-refractivity contribution < 1.29 is 19.0 Å². The Hall–Kier alpha value is -2.70. The Kier molecular flexibility index (Phi) is 4.52. The first kappa shape index (κ1) is 20.9. The zero-order valence-electron chi connectivity index (χ0n) is 18.2. The predicted octanol–water partition coefficient (Wildman–Crippen LogP) is 5.24. The summed E-state index contributed by atoms with van der Waals surface area (Å²) >= 11 is 6.02. The zero-order chi connectivity index (χ0) is 23.0. The molecule has 5 nitrogen and oxygen atoms in total. The van der Waals surface area contributed by atoms with Crippen LogP contribution < -0.4 is 4.74 Å². The molecule has 0 spiro atoms. The van der Waals surface area contributed by atoms with E-state index in [0.29, 0.717) is 34.0 Å². The molecule has 7 rings (SSSR count). The fourth-order valence-electron chi connectivity index (χ4n) is 6.05. The number of ketones is 1. The first-order valence-electron chi connectivity index (χ1n) is 11.2. The normalized spacial score (nSPS) is 29.5. The van der Waals surface area contributed by atoms with Crippen LogP contribution in [0.5, 0.6) is 5.75 Å². The Bertz CT molecular complexity index is 1270. The topological polar surface area (TPSA) is 64.4 Å². The Morgan fingerprint density at radius 2 is 2.06 bits per heavy atom. The number of Topliss-reactive ketones (excluding diaryl/α,β-unsaturated/α-hetero) is 1. The van der Waals surface area contributed by atoms with E-state index in [0.717, 1.165) is 24.8 Å². The quantitative estimate of drug-likeness (QED) is 0.558. The van der Waals surface area contributed by atoms with Crippen LogP contribution in [0.2, 0.25) is 5.02 Å². The number of benzene rings is 2. The van der Waals surface area contributed by atoms with Crippen LogP contribution in [0.15, 0.2) is 48.8 Å². The molecule has 2 atom stereocenters. The molecule has 170 valence electrons. The molecule has 0 saturated heterocycles. The Morgan fingerprint density at radius 3 is 2.82 bits per heavy atom. The molecule has 2 bridgehead atoms. The van der Waals surface area contributed by atoms with E-state index >= 15 is 0 Å². The molecule has 0 amide bonds. The van der Waals surface area contributed by atoms with Crippen molar-refractivity contribution in [1.82, 2.24) is 9.78 Å². The van der Waals surface area contributed by atoms with Crippen LogP contribution in [-0.4, -0.2) is 26.8 Å². The average Bonchev–Trinajstić information content (AvgIpc) is 3.21. The SMILES string of the molecule is Cc1ccc(-n2cc(C34CC(CC(=O)[C@H]5C[C@@H](O)c6cc(Cl)ccc6O5)(C3)C4)cn2)cc1F. The second kappa shape index (κ2) is 7.15. The molecule has 3 aliphatic carbocycles. The fourth-order valence-corrected chi connectivity index (χ4v) is 6.23. The van der Waals surface area contributed by atoms with Gasteiger partial charge in [0.2, 0.25) is 0 Å². The number of aliphatic hydroxyl groups excluding tert-OH is 1. The minimum Gasteiger partial charge on any atom is -0.482 e. The molecule has 1 aliphatic heterocycles. The summed E-state index contributed by atoms with van der Waals surface area (Å²) in [5.74, 6) is 0.340. The van der Waals surface area contributed by atoms with E-state index in [1.165, 1.54) is 6.07 Å². The largest absolute Gasteiger partial charge is 0.482 e. The van der Waals surface area contributed by atoms with Gasteiger partial charge in [-0.1, -0.05) is 17.7 Å². The average molecular weight is 467 g/mol. The van der Waals surface area contributed by atoms with Gasteiger partial charge in [0.25, 0.3) is 0 Å². The van der Waals surface area contributed by atoms with E-state index in [2.05, 4.69) is 5.10 Å². The molecule has 3 saturated carbocycles. The lowest BCUT2D eigenvalue weighted by molar-refractivity contribution is -0.163. The monoisotopic (exact) mass is 466 g/mol. The second-order valence-electron chi connectivity index (χ2n) is 10.1. The Morgan fingerprint density at radius 1 is 1.27 bits per heavy atom. The van der Waals surface area contributed by atoms with E-state index in [1.54, 1.807) is 35.9 Å². The zero-order valence-corrected chi connectivity index (χ0v) is 19.0. The summed E-state index contributed by atoms with van der Waals surface area (Å²) in [6.07, 6.45) is 6.03. The van der Waals surface area contributed by atoms with Gasteiger partial charge in [-0.3, -0.25) is 4.79 Å². The Labute approximate surface area is 196 Å². The molecule has 3 aromatic rings. The maximum absolute atomic E-state index is 13.9. The number of ether oxygens (including phenoxy) is 1. The second-order valence-corrected chi connectivity index (χ2v) is 10.5. The first-order chi connectivity index (χ1) is 15.8. The molecule has 2 aromatic carbocycles. The minimum atomic E-state index is -0.752. The van der Waals surface area contributed by atoms with Gasteiger partial charge in [-0.25, -0.2) is 9.07 Å². The lowest BCUT2D eigenvalue weighted by Crippen LogP contribution is -2.65. The number of halogens is 2. The minimum absolute atomic E-state index is 0.0176. The van der Waals surface area contributed by atoms with Gasteiger partial charge < -0.3 is 9.84 Å². The summed E-state index contributed by atoms with van der Waals surface area (Å²) in [5, 5.41) is 15.5. The number of hydrogen-bond acceptors (Lipinski definition) is 4. The van der Waals surface area contributed by atoms with Crippen molar-refractivity contribution >= 4 is 17.4 Å². The number of aryl methyl sites for hydroxylation is 1. The summed E-state index contributed by atoms with van der Waals surface area (Å²) in [6.45, 7) is 1.74. The van der Waals surface area contributed by atoms with Gasteiger partial charge in [0, 0.05) is 35.0 Å². The number of fused-ring (bicyclic) bond motifs is 1. The van der Waals surface area contributed by atoms with Gasteiger partial charge in [-0.15, -0.1) is 0 Å². The van der Waals surface area contributed by atoms with E-state index in [1.807, 2.05) is 18.5 Å². The fraction of sp³-hybridized carbons (Fsp3) is 0.385. The van der Waals surface area contributed by atoms with Gasteiger partial charge in [0.1, 0.15) is 11.6 Å². The van der Waals surface area contributed by atoms with Crippen LogP contribution in [-0.2, 0) is 10.2 Å². The van der Waals surface area contributed by atoms with Crippen LogP contribution in [0.4, 0.5) is 4.39 Å². The van der Waals surface area contributed by atoms with Gasteiger partial charge in [0.05, 0.1) is 18.0 Å². The molecular formula is C26H24ClFN2O3. The van der Waals surface area contributed by atoms with E-state index in [-0.39, 0.29) is 28.9 Å². The molecule has 3 fully saturated rings. The third-order valence-electron chi connectivity index (χ3n) is 7.70. The number of carbonyl (C=O) groups is 1. The highest BCUT2D eigenvalue weighted by Crippen LogP contribution is 2.75. The molecule has 4 aliphatic rings. The highest BCUT2D eigenvalue weighted by atomic mass is 35.5. The number of nitrogens with zero attached hydrogens (tertiary/aromatic N) is 2. The van der Waals surface area contributed by atoms with E-state index in [4.69, 9.17) is 16.3 Å². The van der Waals surface area contributed by atoms with Gasteiger partial charge in [-0.2, -0.15) is 5.10 Å². The smallest absolute Gasteiger partial charge is 0.173 e. The van der Waals surface area contributed by atoms with E-state index < -0.39 is 12.2 Å². The maximum atomic E-state index is 13.9. The summed E-state index contributed by atoms with van der Waals surface area (Å²) in [7, 11) is 0. The van der Waals surface area contributed by atoms with Crippen LogP contribution >= 0.6 is 11.6 Å². The van der Waals surface area contributed by atoms with Crippen molar-refractivity contribution in [1.29, 1.82) is 0 Å². The number of aliphatic hydroxyl groups is 1. The van der Waals surface area contributed by atoms with Gasteiger partial charge in [0.15, 0.2) is 11.9 Å².